The van der Waals surface area contributed by atoms with Crippen molar-refractivity contribution >= 4 is 0 Å². The van der Waals surface area contributed by atoms with E-state index in [1.54, 1.807) is 0 Å². The van der Waals surface area contributed by atoms with Gasteiger partial charge in [0.05, 0.1) is 0 Å². The Morgan fingerprint density at radius 2 is 0.389 bits per heavy atom. The molecule has 0 atom stereocenters. The first-order valence-electron chi connectivity index (χ1n) is 17.2. The molecule has 0 aliphatic rings. The van der Waals surface area contributed by atoms with Crippen molar-refractivity contribution in [3.8, 4) is 0 Å². The Labute approximate surface area is 230 Å². The van der Waals surface area contributed by atoms with Gasteiger partial charge in [-0.25, -0.2) is 0 Å². The average Bonchev–Trinajstić information content (AvgIpc) is 2.89. The summed E-state index contributed by atoms with van der Waals surface area (Å²) in [6.07, 6.45) is 52.4. The third kappa shape index (κ3) is 33.5. The van der Waals surface area contributed by atoms with Crippen molar-refractivity contribution < 1.29 is 0 Å². The summed E-state index contributed by atoms with van der Waals surface area (Å²) in [4.78, 5) is 0. The van der Waals surface area contributed by atoms with Crippen LogP contribution in [0, 0.1) is 0 Å². The summed E-state index contributed by atoms with van der Waals surface area (Å²) in [6.45, 7) is 4.58. The highest BCUT2D eigenvalue weighted by molar-refractivity contribution is 4.81. The van der Waals surface area contributed by atoms with E-state index >= 15 is 0 Å². The molecule has 0 N–H and O–H groups in total. The first-order chi connectivity index (χ1) is 17.9. The van der Waals surface area contributed by atoms with Crippen LogP contribution in [0.1, 0.15) is 206 Å². The van der Waals surface area contributed by atoms with Crippen molar-refractivity contribution in [1.82, 2.24) is 0 Å². The third-order valence-corrected chi connectivity index (χ3v) is 7.77. The second-order valence-corrected chi connectivity index (χ2v) is 11.6. The highest BCUT2D eigenvalue weighted by atomic mass is 14.0. The quantitative estimate of drug-likeness (QED) is 0.0653. The number of rotatable bonds is 31. The van der Waals surface area contributed by atoms with Crippen LogP contribution in [0.5, 0.6) is 0 Å². The lowest BCUT2D eigenvalue weighted by atomic mass is 10.0. The first kappa shape index (κ1) is 35.5. The minimum atomic E-state index is 1.30. The maximum absolute atomic E-state index is 2.43. The zero-order valence-corrected chi connectivity index (χ0v) is 25.5. The van der Waals surface area contributed by atoms with E-state index in [-0.39, 0.29) is 0 Å². The Bertz CT molecular complexity index is 378. The summed E-state index contributed by atoms with van der Waals surface area (Å²) in [5.41, 5.74) is 0. The first-order valence-corrected chi connectivity index (χ1v) is 17.2. The molecule has 36 heavy (non-hydrogen) atoms. The summed E-state index contributed by atoms with van der Waals surface area (Å²) < 4.78 is 0. The molecular weight excluding hydrogens is 432 g/mol. The summed E-state index contributed by atoms with van der Waals surface area (Å²) in [5, 5.41) is 0. The van der Waals surface area contributed by atoms with Crippen LogP contribution in [0.4, 0.5) is 0 Å². The normalized spacial score (nSPS) is 11.9. The predicted octanol–water partition coefficient (Wildman–Crippen LogP) is 13.8. The Morgan fingerprint density at radius 3 is 0.583 bits per heavy atom. The fourth-order valence-electron chi connectivity index (χ4n) is 5.20. The summed E-state index contributed by atoms with van der Waals surface area (Å²) in [6, 6.07) is 0. The van der Waals surface area contributed by atoms with E-state index in [2.05, 4.69) is 38.2 Å². The van der Waals surface area contributed by atoms with E-state index in [1.165, 1.54) is 193 Å². The number of hydrogen-bond donors (Lipinski definition) is 0. The maximum atomic E-state index is 2.43. The second-order valence-electron chi connectivity index (χ2n) is 11.6. The highest BCUT2D eigenvalue weighted by Crippen LogP contribution is 2.15. The Morgan fingerprint density at radius 1 is 0.222 bits per heavy atom. The Balaban J connectivity index is 3.07. The number of hydrogen-bond acceptors (Lipinski definition) is 0. The minimum Gasteiger partial charge on any atom is -0.0885 e. The van der Waals surface area contributed by atoms with Gasteiger partial charge in [0, 0.05) is 0 Å². The molecule has 0 nitrogen and oxygen atoms in total. The van der Waals surface area contributed by atoms with Crippen LogP contribution in [-0.2, 0) is 0 Å². The minimum absolute atomic E-state index is 1.30. The predicted molar refractivity (Wildman–Crippen MR) is 168 cm³/mol. The molecule has 0 radical (unpaired) electrons. The van der Waals surface area contributed by atoms with E-state index in [1.807, 2.05) is 0 Å². The van der Waals surface area contributed by atoms with Crippen LogP contribution in [-0.4, -0.2) is 0 Å². The molecule has 0 aliphatic carbocycles. The van der Waals surface area contributed by atoms with Crippen molar-refractivity contribution in [2.75, 3.05) is 0 Å². The molecule has 0 aromatic carbocycles. The Hall–Kier alpha value is -0.520. The van der Waals surface area contributed by atoms with Crippen molar-refractivity contribution in [2.45, 2.75) is 206 Å². The average molecular weight is 503 g/mol. The van der Waals surface area contributed by atoms with E-state index in [4.69, 9.17) is 0 Å². The van der Waals surface area contributed by atoms with Crippen LogP contribution in [0.25, 0.3) is 0 Å². The fraction of sp³-hybridized carbons (Fsp3) is 0.889. The van der Waals surface area contributed by atoms with Gasteiger partial charge in [-0.1, -0.05) is 179 Å². The fourth-order valence-corrected chi connectivity index (χ4v) is 5.20. The van der Waals surface area contributed by atoms with Crippen LogP contribution in [0.2, 0.25) is 0 Å². The number of allylic oxidation sites excluding steroid dienone is 4. The molecule has 0 aromatic rings. The lowest BCUT2D eigenvalue weighted by Gasteiger charge is -2.04. The van der Waals surface area contributed by atoms with E-state index < -0.39 is 0 Å². The lowest BCUT2D eigenvalue weighted by molar-refractivity contribution is 0.524. The molecule has 0 amide bonds. The van der Waals surface area contributed by atoms with Crippen molar-refractivity contribution in [1.29, 1.82) is 0 Å². The van der Waals surface area contributed by atoms with E-state index in [9.17, 15) is 0 Å². The van der Waals surface area contributed by atoms with Gasteiger partial charge in [-0.05, 0) is 51.4 Å². The lowest BCUT2D eigenvalue weighted by Crippen LogP contribution is -1.84. The van der Waals surface area contributed by atoms with Gasteiger partial charge >= 0.3 is 0 Å². The zero-order chi connectivity index (χ0) is 26.0. The summed E-state index contributed by atoms with van der Waals surface area (Å²) >= 11 is 0. The summed E-state index contributed by atoms with van der Waals surface area (Å²) in [5.74, 6) is 0. The SMILES string of the molecule is CCCCCC/C=C\CCCCCCCCCCCCCCCCCCCC/C=C/CCCCCC. The monoisotopic (exact) mass is 503 g/mol. The van der Waals surface area contributed by atoms with Crippen LogP contribution in [0.15, 0.2) is 24.3 Å². The molecular formula is C36H70. The van der Waals surface area contributed by atoms with Gasteiger partial charge in [0.1, 0.15) is 0 Å². The topological polar surface area (TPSA) is 0 Å². The van der Waals surface area contributed by atoms with Gasteiger partial charge in [0.25, 0.3) is 0 Å². The standard InChI is InChI=1S/C36H70/c1-3-5-7-9-11-13-15-17-19-21-23-25-27-29-31-33-35-36-34-32-30-28-26-24-22-20-18-16-14-12-10-8-6-4-2/h13-16H,3-12,17-36H2,1-2H3/b15-13-,16-14+. The molecule has 0 aliphatic heterocycles. The molecule has 0 heteroatoms. The largest absolute Gasteiger partial charge is 0.0885 e. The van der Waals surface area contributed by atoms with Gasteiger partial charge in [0.2, 0.25) is 0 Å². The smallest absolute Gasteiger partial charge is 0.0351 e. The molecule has 0 bridgehead atoms. The van der Waals surface area contributed by atoms with Crippen molar-refractivity contribution in [2.24, 2.45) is 0 Å². The molecule has 0 aromatic heterocycles. The molecule has 214 valence electrons. The van der Waals surface area contributed by atoms with Gasteiger partial charge in [-0.15, -0.1) is 0 Å². The van der Waals surface area contributed by atoms with Gasteiger partial charge in [-0.2, -0.15) is 0 Å². The van der Waals surface area contributed by atoms with Gasteiger partial charge < -0.3 is 0 Å². The summed E-state index contributed by atoms with van der Waals surface area (Å²) in [7, 11) is 0. The van der Waals surface area contributed by atoms with Gasteiger partial charge in [0.15, 0.2) is 0 Å². The molecule has 0 unspecified atom stereocenters. The van der Waals surface area contributed by atoms with E-state index in [0.29, 0.717) is 0 Å². The molecule has 0 saturated carbocycles. The zero-order valence-electron chi connectivity index (χ0n) is 25.5. The Kier molecular flexibility index (Phi) is 34.0. The molecule has 0 heterocycles. The molecule has 0 rings (SSSR count). The second kappa shape index (κ2) is 34.5. The molecule has 0 spiro atoms. The third-order valence-electron chi connectivity index (χ3n) is 7.77. The maximum Gasteiger partial charge on any atom is -0.0351 e. The number of unbranched alkanes of at least 4 members (excludes halogenated alkanes) is 27. The van der Waals surface area contributed by atoms with Gasteiger partial charge in [-0.3, -0.25) is 0 Å². The van der Waals surface area contributed by atoms with Crippen LogP contribution >= 0.6 is 0 Å². The highest BCUT2D eigenvalue weighted by Gasteiger charge is 1.95. The van der Waals surface area contributed by atoms with Crippen LogP contribution in [0.3, 0.4) is 0 Å². The van der Waals surface area contributed by atoms with E-state index in [0.717, 1.165) is 0 Å². The van der Waals surface area contributed by atoms with Crippen molar-refractivity contribution in [3.05, 3.63) is 24.3 Å². The van der Waals surface area contributed by atoms with Crippen molar-refractivity contribution in [3.63, 3.8) is 0 Å². The molecule has 0 fully saturated rings. The molecule has 0 saturated heterocycles. The van der Waals surface area contributed by atoms with Crippen LogP contribution < -0.4 is 0 Å².